The third kappa shape index (κ3) is 6.18. The van der Waals surface area contributed by atoms with E-state index >= 15 is 0 Å². The molecule has 2 saturated heterocycles. The summed E-state index contributed by atoms with van der Waals surface area (Å²) in [6.07, 6.45) is 2.12. The summed E-state index contributed by atoms with van der Waals surface area (Å²) in [4.78, 5) is 38.7. The van der Waals surface area contributed by atoms with Crippen LogP contribution in [0.25, 0.3) is 6.08 Å². The summed E-state index contributed by atoms with van der Waals surface area (Å²) in [7, 11) is -3.91. The van der Waals surface area contributed by atoms with Crippen molar-refractivity contribution in [3.63, 3.8) is 0 Å². The second-order valence-electron chi connectivity index (χ2n) is 8.41. The molecule has 0 spiro atoms. The molecule has 0 atom stereocenters. The number of imide groups is 1. The van der Waals surface area contributed by atoms with Crippen LogP contribution < -0.4 is 5.32 Å². The lowest BCUT2D eigenvalue weighted by Crippen LogP contribution is -2.44. The summed E-state index contributed by atoms with van der Waals surface area (Å²) in [5.74, 6) is -1.58. The van der Waals surface area contributed by atoms with E-state index in [9.17, 15) is 27.2 Å². The fourth-order valence-corrected chi connectivity index (χ4v) is 7.48. The Balaban J connectivity index is 1.28. The minimum atomic E-state index is -3.91. The molecule has 1 N–H and O–H groups in total. The second-order valence-corrected chi connectivity index (χ2v) is 12.1. The molecule has 37 heavy (non-hydrogen) atoms. The number of nitrogens with zero attached hydrogens (tertiary/aromatic N) is 2. The molecule has 2 fully saturated rings. The molecule has 2 aromatic rings. The molecule has 2 heterocycles. The Labute approximate surface area is 227 Å². The summed E-state index contributed by atoms with van der Waals surface area (Å²) >= 11 is 12.9. The summed E-state index contributed by atoms with van der Waals surface area (Å²) in [5, 5.41) is 2.34. The molecule has 2 aromatic carbocycles. The smallest absolute Gasteiger partial charge is 0.293 e. The van der Waals surface area contributed by atoms with Crippen LogP contribution in [0, 0.1) is 11.7 Å². The van der Waals surface area contributed by atoms with Crippen molar-refractivity contribution < 1.29 is 27.2 Å². The molecule has 0 radical (unpaired) electrons. The number of piperidine rings is 1. The Morgan fingerprint density at radius 1 is 1.08 bits per heavy atom. The normalized spacial score (nSPS) is 18.6. The average molecular weight is 586 g/mol. The van der Waals surface area contributed by atoms with Gasteiger partial charge in [-0.1, -0.05) is 41.4 Å². The van der Waals surface area contributed by atoms with Gasteiger partial charge in [0.2, 0.25) is 15.9 Å². The summed E-state index contributed by atoms with van der Waals surface area (Å²) in [5.41, 5.74) is 0.588. The van der Waals surface area contributed by atoms with Gasteiger partial charge >= 0.3 is 0 Å². The predicted molar refractivity (Wildman–Crippen MR) is 140 cm³/mol. The van der Waals surface area contributed by atoms with Gasteiger partial charge in [0, 0.05) is 32.1 Å². The molecule has 4 rings (SSSR count). The maximum Gasteiger partial charge on any atom is 0.293 e. The fraction of sp³-hybridized carbons (Fsp3) is 0.292. The number of carbonyl (C=O) groups excluding carboxylic acids is 3. The maximum absolute atomic E-state index is 13.1. The van der Waals surface area contributed by atoms with Gasteiger partial charge in [-0.05, 0) is 60.5 Å². The van der Waals surface area contributed by atoms with Gasteiger partial charge in [-0.15, -0.1) is 0 Å². The predicted octanol–water partition coefficient (Wildman–Crippen LogP) is 4.39. The van der Waals surface area contributed by atoms with Crippen LogP contribution in [0.2, 0.25) is 10.0 Å². The van der Waals surface area contributed by atoms with Gasteiger partial charge in [-0.3, -0.25) is 19.3 Å². The summed E-state index contributed by atoms with van der Waals surface area (Å²) < 4.78 is 40.4. The summed E-state index contributed by atoms with van der Waals surface area (Å²) in [6.45, 7) is 0.308. The van der Waals surface area contributed by atoms with Gasteiger partial charge in [0.15, 0.2) is 0 Å². The molecular formula is C24H22Cl2FN3O5S2. The van der Waals surface area contributed by atoms with Crippen molar-refractivity contribution in [3.8, 4) is 0 Å². The van der Waals surface area contributed by atoms with Crippen LogP contribution in [0.3, 0.4) is 0 Å². The maximum atomic E-state index is 13.1. The van der Waals surface area contributed by atoms with E-state index in [1.165, 1.54) is 46.8 Å². The highest BCUT2D eigenvalue weighted by Crippen LogP contribution is 2.34. The van der Waals surface area contributed by atoms with Gasteiger partial charge in [-0.25, -0.2) is 12.8 Å². The van der Waals surface area contributed by atoms with Crippen molar-refractivity contribution in [1.29, 1.82) is 0 Å². The van der Waals surface area contributed by atoms with Gasteiger partial charge in [-0.2, -0.15) is 4.31 Å². The monoisotopic (exact) mass is 585 g/mol. The molecule has 0 aromatic heterocycles. The van der Waals surface area contributed by atoms with Crippen molar-refractivity contribution >= 4 is 68.1 Å². The molecule has 3 amide bonds. The average Bonchev–Trinajstić information content (AvgIpc) is 3.12. The zero-order chi connectivity index (χ0) is 26.7. The fourth-order valence-electron chi connectivity index (χ4n) is 4.05. The van der Waals surface area contributed by atoms with Crippen LogP contribution in [-0.2, 0) is 19.6 Å². The van der Waals surface area contributed by atoms with Crippen molar-refractivity contribution in [1.82, 2.24) is 14.5 Å². The van der Waals surface area contributed by atoms with Crippen molar-refractivity contribution in [2.24, 2.45) is 5.92 Å². The zero-order valence-corrected chi connectivity index (χ0v) is 22.5. The van der Waals surface area contributed by atoms with E-state index in [-0.39, 0.29) is 51.9 Å². The third-order valence-corrected chi connectivity index (χ3v) is 9.78. The molecule has 0 saturated carbocycles. The van der Waals surface area contributed by atoms with E-state index < -0.39 is 32.9 Å². The number of nitrogens with one attached hydrogen (secondary N) is 1. The molecular weight excluding hydrogens is 564 g/mol. The number of thioether (sulfide) groups is 1. The molecule has 2 aliphatic heterocycles. The van der Waals surface area contributed by atoms with Crippen molar-refractivity contribution in [2.45, 2.75) is 17.7 Å². The van der Waals surface area contributed by atoms with E-state index in [1.807, 2.05) is 0 Å². The van der Waals surface area contributed by atoms with E-state index in [2.05, 4.69) is 5.32 Å². The van der Waals surface area contributed by atoms with Crippen LogP contribution in [0.4, 0.5) is 9.18 Å². The lowest BCUT2D eigenvalue weighted by atomic mass is 9.97. The number of hydrogen-bond donors (Lipinski definition) is 1. The molecule has 0 aliphatic carbocycles. The van der Waals surface area contributed by atoms with E-state index in [1.54, 1.807) is 6.07 Å². The van der Waals surface area contributed by atoms with Gasteiger partial charge < -0.3 is 5.32 Å². The standard InChI is InChI=1S/C24H22Cl2FN3O5S2/c25-18-2-1-3-19(26)21(18)37(34,35)29-11-8-16(9-12-29)22(31)28-10-13-30-23(32)20(36-24(30)33)14-15-4-6-17(27)7-5-15/h1-7,14,16H,8-13H2,(H,28,31)/b20-14+. The Morgan fingerprint density at radius 2 is 1.70 bits per heavy atom. The first-order valence-electron chi connectivity index (χ1n) is 11.3. The first kappa shape index (κ1) is 27.6. The highest BCUT2D eigenvalue weighted by atomic mass is 35.5. The number of amides is 3. The van der Waals surface area contributed by atoms with Gasteiger partial charge in [0.05, 0.1) is 15.0 Å². The SMILES string of the molecule is O=C(NCCN1C(=O)S/C(=C/c2ccc(F)cc2)C1=O)C1CCN(S(=O)(=O)c2c(Cl)cccc2Cl)CC1. The number of halogens is 3. The van der Waals surface area contributed by atoms with Crippen LogP contribution in [0.1, 0.15) is 18.4 Å². The van der Waals surface area contributed by atoms with Crippen molar-refractivity contribution in [2.75, 3.05) is 26.2 Å². The Bertz CT molecular complexity index is 1340. The first-order valence-corrected chi connectivity index (χ1v) is 14.3. The quantitative estimate of drug-likeness (QED) is 0.483. The van der Waals surface area contributed by atoms with E-state index in [0.29, 0.717) is 18.4 Å². The number of hydrogen-bond acceptors (Lipinski definition) is 6. The first-order chi connectivity index (χ1) is 17.6. The molecule has 2 aliphatic rings. The highest BCUT2D eigenvalue weighted by Gasteiger charge is 2.36. The van der Waals surface area contributed by atoms with Gasteiger partial charge in [0.1, 0.15) is 10.7 Å². The van der Waals surface area contributed by atoms with E-state index in [4.69, 9.17) is 23.2 Å². The van der Waals surface area contributed by atoms with Crippen LogP contribution in [0.5, 0.6) is 0 Å². The molecule has 13 heteroatoms. The molecule has 0 bridgehead atoms. The number of rotatable bonds is 7. The number of benzene rings is 2. The van der Waals surface area contributed by atoms with E-state index in [0.717, 1.165) is 16.7 Å². The lowest BCUT2D eigenvalue weighted by molar-refractivity contribution is -0.127. The largest absolute Gasteiger partial charge is 0.354 e. The highest BCUT2D eigenvalue weighted by molar-refractivity contribution is 8.18. The zero-order valence-electron chi connectivity index (χ0n) is 19.3. The Morgan fingerprint density at radius 3 is 2.32 bits per heavy atom. The summed E-state index contributed by atoms with van der Waals surface area (Å²) in [6, 6.07) is 10.00. The Kier molecular flexibility index (Phi) is 8.59. The molecule has 8 nitrogen and oxygen atoms in total. The van der Waals surface area contributed by atoms with Crippen LogP contribution >= 0.6 is 35.0 Å². The van der Waals surface area contributed by atoms with Crippen LogP contribution in [-0.4, -0.2) is 60.9 Å². The number of carbonyl (C=O) groups is 3. The van der Waals surface area contributed by atoms with Gasteiger partial charge in [0.25, 0.3) is 11.1 Å². The van der Waals surface area contributed by atoms with Crippen molar-refractivity contribution in [3.05, 3.63) is 68.8 Å². The molecule has 196 valence electrons. The van der Waals surface area contributed by atoms with Crippen LogP contribution in [0.15, 0.2) is 52.3 Å². The Hall–Kier alpha value is -2.44. The third-order valence-electron chi connectivity index (χ3n) is 6.02. The minimum Gasteiger partial charge on any atom is -0.354 e. The number of sulfonamides is 1. The minimum absolute atomic E-state index is 0.00457. The second kappa shape index (κ2) is 11.5. The molecule has 0 unspecified atom stereocenters. The lowest BCUT2D eigenvalue weighted by Gasteiger charge is -2.31. The topological polar surface area (TPSA) is 104 Å².